The standard InChI is InChI=1S/C21H24N2OS2/c1-22(2)15-19(25-17-11-7-5-8-12-17)21(24)20(16-23(3)4)26-18-13-9-6-10-14-18/h5-16H,1-4H3/b19-15-,20-16-. The van der Waals surface area contributed by atoms with Crippen molar-refractivity contribution < 1.29 is 4.79 Å². The van der Waals surface area contributed by atoms with E-state index in [2.05, 4.69) is 0 Å². The molecule has 0 heterocycles. The molecular formula is C21H24N2OS2. The lowest BCUT2D eigenvalue weighted by Gasteiger charge is -2.15. The number of benzene rings is 2. The van der Waals surface area contributed by atoms with Crippen LogP contribution in [0.3, 0.4) is 0 Å². The number of carbonyl (C=O) groups is 1. The first-order valence-corrected chi connectivity index (χ1v) is 9.86. The summed E-state index contributed by atoms with van der Waals surface area (Å²) in [5.74, 6) is 0.0232. The molecule has 136 valence electrons. The van der Waals surface area contributed by atoms with Gasteiger partial charge in [0.05, 0.1) is 9.81 Å². The molecule has 0 saturated heterocycles. The maximum atomic E-state index is 13.3. The van der Waals surface area contributed by atoms with Crippen molar-refractivity contribution >= 4 is 29.3 Å². The molecule has 0 aliphatic carbocycles. The van der Waals surface area contributed by atoms with E-state index < -0.39 is 0 Å². The molecule has 26 heavy (non-hydrogen) atoms. The van der Waals surface area contributed by atoms with E-state index in [-0.39, 0.29) is 5.78 Å². The molecule has 0 bridgehead atoms. The summed E-state index contributed by atoms with van der Waals surface area (Å²) in [6, 6.07) is 19.9. The molecule has 3 nitrogen and oxygen atoms in total. The number of carbonyl (C=O) groups excluding carboxylic acids is 1. The number of thioether (sulfide) groups is 2. The van der Waals surface area contributed by atoms with E-state index in [4.69, 9.17) is 0 Å². The summed E-state index contributed by atoms with van der Waals surface area (Å²) < 4.78 is 0. The van der Waals surface area contributed by atoms with Crippen molar-refractivity contribution in [3.63, 3.8) is 0 Å². The predicted molar refractivity (Wildman–Crippen MR) is 113 cm³/mol. The van der Waals surface area contributed by atoms with Crippen LogP contribution in [0.4, 0.5) is 0 Å². The molecule has 0 radical (unpaired) electrons. The summed E-state index contributed by atoms with van der Waals surface area (Å²) in [6.45, 7) is 0. The summed E-state index contributed by atoms with van der Waals surface area (Å²) in [6.07, 6.45) is 3.77. The maximum Gasteiger partial charge on any atom is 0.209 e. The Labute approximate surface area is 164 Å². The van der Waals surface area contributed by atoms with Gasteiger partial charge in [-0.15, -0.1) is 0 Å². The number of hydrogen-bond acceptors (Lipinski definition) is 5. The number of allylic oxidation sites excluding steroid dienone is 2. The SMILES string of the molecule is CN(C)/C=C(\Sc1ccccc1)C(=O)/C(=C/N(C)C)Sc1ccccc1. The van der Waals surface area contributed by atoms with Crippen molar-refractivity contribution in [1.82, 2.24) is 9.80 Å². The van der Waals surface area contributed by atoms with Crippen LogP contribution in [0.1, 0.15) is 0 Å². The van der Waals surface area contributed by atoms with Crippen molar-refractivity contribution in [1.29, 1.82) is 0 Å². The minimum atomic E-state index is 0.0232. The number of hydrogen-bond donors (Lipinski definition) is 0. The fraction of sp³-hybridized carbons (Fsp3) is 0.190. The minimum Gasteiger partial charge on any atom is -0.382 e. The Kier molecular flexibility index (Phi) is 7.88. The van der Waals surface area contributed by atoms with Gasteiger partial charge in [-0.3, -0.25) is 4.79 Å². The first-order chi connectivity index (χ1) is 12.5. The van der Waals surface area contributed by atoms with Crippen LogP contribution in [-0.2, 0) is 4.79 Å². The van der Waals surface area contributed by atoms with Crippen LogP contribution < -0.4 is 0 Å². The van der Waals surface area contributed by atoms with Gasteiger partial charge in [-0.05, 0) is 24.3 Å². The van der Waals surface area contributed by atoms with Gasteiger partial charge in [-0.2, -0.15) is 0 Å². The van der Waals surface area contributed by atoms with E-state index >= 15 is 0 Å². The van der Waals surface area contributed by atoms with Gasteiger partial charge in [0.1, 0.15) is 0 Å². The zero-order chi connectivity index (χ0) is 18.9. The Morgan fingerprint density at radius 3 is 1.35 bits per heavy atom. The van der Waals surface area contributed by atoms with Crippen molar-refractivity contribution in [2.45, 2.75) is 9.79 Å². The average molecular weight is 385 g/mol. The third kappa shape index (κ3) is 6.65. The predicted octanol–water partition coefficient (Wildman–Crippen LogP) is 4.95. The largest absolute Gasteiger partial charge is 0.382 e. The Bertz CT molecular complexity index is 704. The van der Waals surface area contributed by atoms with E-state index in [0.29, 0.717) is 9.81 Å². The van der Waals surface area contributed by atoms with Crippen LogP contribution in [0.5, 0.6) is 0 Å². The zero-order valence-corrected chi connectivity index (χ0v) is 17.2. The first-order valence-electron chi connectivity index (χ1n) is 8.22. The summed E-state index contributed by atoms with van der Waals surface area (Å²) in [7, 11) is 7.72. The van der Waals surface area contributed by atoms with Gasteiger partial charge in [0.15, 0.2) is 0 Å². The highest BCUT2D eigenvalue weighted by atomic mass is 32.2. The number of rotatable bonds is 8. The van der Waals surface area contributed by atoms with Gasteiger partial charge in [-0.25, -0.2) is 0 Å². The second-order valence-corrected chi connectivity index (χ2v) is 8.30. The van der Waals surface area contributed by atoms with Crippen LogP contribution in [-0.4, -0.2) is 43.8 Å². The Morgan fingerprint density at radius 2 is 1.04 bits per heavy atom. The van der Waals surface area contributed by atoms with Crippen molar-refractivity contribution in [3.05, 3.63) is 82.9 Å². The third-order valence-corrected chi connectivity index (χ3v) is 5.18. The Morgan fingerprint density at radius 1 is 0.692 bits per heavy atom. The molecule has 0 saturated carbocycles. The molecule has 2 rings (SSSR count). The molecule has 0 aromatic heterocycles. The first kappa shape index (κ1) is 20.2. The smallest absolute Gasteiger partial charge is 0.209 e. The van der Waals surface area contributed by atoms with E-state index in [1.165, 1.54) is 23.5 Å². The van der Waals surface area contributed by atoms with Gasteiger partial charge in [-0.1, -0.05) is 59.9 Å². The van der Waals surface area contributed by atoms with Crippen LogP contribution in [0, 0.1) is 0 Å². The molecule has 0 unspecified atom stereocenters. The maximum absolute atomic E-state index is 13.3. The van der Waals surface area contributed by atoms with Crippen molar-refractivity contribution in [3.8, 4) is 0 Å². The fourth-order valence-electron chi connectivity index (χ4n) is 2.08. The minimum absolute atomic E-state index is 0.0232. The highest BCUT2D eigenvalue weighted by Gasteiger charge is 2.19. The average Bonchev–Trinajstić information content (AvgIpc) is 2.61. The molecule has 0 spiro atoms. The fourth-order valence-corrected chi connectivity index (χ4v) is 4.18. The molecule has 0 aliphatic heterocycles. The van der Waals surface area contributed by atoms with Gasteiger partial charge < -0.3 is 9.80 Å². The molecular weight excluding hydrogens is 360 g/mol. The van der Waals surface area contributed by atoms with Crippen LogP contribution >= 0.6 is 23.5 Å². The molecule has 0 fully saturated rings. The second-order valence-electron chi connectivity index (χ2n) is 6.07. The van der Waals surface area contributed by atoms with Crippen molar-refractivity contribution in [2.24, 2.45) is 0 Å². The Hall–Kier alpha value is -2.11. The molecule has 0 atom stereocenters. The summed E-state index contributed by atoms with van der Waals surface area (Å²) in [5.41, 5.74) is 0. The molecule has 2 aromatic carbocycles. The zero-order valence-electron chi connectivity index (χ0n) is 15.5. The van der Waals surface area contributed by atoms with E-state index in [1.807, 2.05) is 111 Å². The highest BCUT2D eigenvalue weighted by molar-refractivity contribution is 8.06. The molecule has 5 heteroatoms. The van der Waals surface area contributed by atoms with Crippen LogP contribution in [0.15, 0.2) is 92.7 Å². The van der Waals surface area contributed by atoms with Gasteiger partial charge in [0.2, 0.25) is 5.78 Å². The van der Waals surface area contributed by atoms with Crippen LogP contribution in [0.2, 0.25) is 0 Å². The summed E-state index contributed by atoms with van der Waals surface area (Å²) in [4.78, 5) is 20.6. The second kappa shape index (κ2) is 10.1. The normalized spacial score (nSPS) is 12.0. The summed E-state index contributed by atoms with van der Waals surface area (Å²) >= 11 is 2.98. The van der Waals surface area contributed by atoms with Gasteiger partial charge in [0, 0.05) is 50.4 Å². The molecule has 0 N–H and O–H groups in total. The van der Waals surface area contributed by atoms with Gasteiger partial charge >= 0.3 is 0 Å². The quantitative estimate of drug-likeness (QED) is 0.474. The lowest BCUT2D eigenvalue weighted by molar-refractivity contribution is -0.111. The number of Topliss-reactive ketones (excluding diaryl/α,β-unsaturated/α-hetero) is 1. The third-order valence-electron chi connectivity index (χ3n) is 3.14. The van der Waals surface area contributed by atoms with E-state index in [0.717, 1.165) is 9.79 Å². The number of nitrogens with zero attached hydrogens (tertiary/aromatic N) is 2. The molecule has 0 amide bonds. The highest BCUT2D eigenvalue weighted by Crippen LogP contribution is 2.35. The topological polar surface area (TPSA) is 23.6 Å². The van der Waals surface area contributed by atoms with Crippen LogP contribution in [0.25, 0.3) is 0 Å². The monoisotopic (exact) mass is 384 g/mol. The molecule has 0 aliphatic rings. The van der Waals surface area contributed by atoms with E-state index in [1.54, 1.807) is 0 Å². The molecule has 2 aromatic rings. The lowest BCUT2D eigenvalue weighted by atomic mass is 10.3. The van der Waals surface area contributed by atoms with Crippen molar-refractivity contribution in [2.75, 3.05) is 28.2 Å². The number of ketones is 1. The van der Waals surface area contributed by atoms with E-state index in [9.17, 15) is 4.79 Å². The Balaban J connectivity index is 2.32. The van der Waals surface area contributed by atoms with Gasteiger partial charge in [0.25, 0.3) is 0 Å². The lowest BCUT2D eigenvalue weighted by Crippen LogP contribution is -2.11. The summed E-state index contributed by atoms with van der Waals surface area (Å²) in [5, 5.41) is 0.